The molecule has 0 aromatic heterocycles. The minimum Gasteiger partial charge on any atom is -0.337 e. The number of hydrogen-bond acceptors (Lipinski definition) is 2. The van der Waals surface area contributed by atoms with Gasteiger partial charge < -0.3 is 9.80 Å². The van der Waals surface area contributed by atoms with Gasteiger partial charge in [-0.1, -0.05) is 12.1 Å². The molecule has 0 spiro atoms. The lowest BCUT2D eigenvalue weighted by molar-refractivity contribution is 0.0783. The van der Waals surface area contributed by atoms with Gasteiger partial charge >= 0.3 is 0 Å². The van der Waals surface area contributed by atoms with Crippen molar-refractivity contribution in [3.05, 3.63) is 35.4 Å². The zero-order chi connectivity index (χ0) is 13.1. The number of nitrogens with zero attached hydrogens (tertiary/aromatic N) is 2. The summed E-state index contributed by atoms with van der Waals surface area (Å²) in [7, 11) is 4.12. The molecule has 3 nitrogen and oxygen atoms in total. The lowest BCUT2D eigenvalue weighted by Gasteiger charge is -2.20. The van der Waals surface area contributed by atoms with Crippen LogP contribution in [-0.2, 0) is 5.88 Å². The zero-order valence-electron chi connectivity index (χ0n) is 10.9. The summed E-state index contributed by atoms with van der Waals surface area (Å²) >= 11 is 5.80. The fourth-order valence-corrected chi connectivity index (χ4v) is 2.48. The highest BCUT2D eigenvalue weighted by molar-refractivity contribution is 6.17. The van der Waals surface area contributed by atoms with Crippen molar-refractivity contribution in [3.8, 4) is 0 Å². The van der Waals surface area contributed by atoms with Crippen molar-refractivity contribution in [2.75, 3.05) is 27.2 Å². The average Bonchev–Trinajstić information content (AvgIpc) is 2.87. The van der Waals surface area contributed by atoms with Crippen LogP contribution in [0.1, 0.15) is 22.3 Å². The molecular formula is C14H19ClN2O. The topological polar surface area (TPSA) is 23.6 Å². The van der Waals surface area contributed by atoms with Gasteiger partial charge in [0.05, 0.1) is 0 Å². The van der Waals surface area contributed by atoms with Crippen molar-refractivity contribution in [1.29, 1.82) is 0 Å². The number of rotatable bonds is 3. The van der Waals surface area contributed by atoms with Crippen LogP contribution >= 0.6 is 11.6 Å². The van der Waals surface area contributed by atoms with Crippen LogP contribution in [0.4, 0.5) is 0 Å². The molecule has 18 heavy (non-hydrogen) atoms. The number of benzene rings is 1. The summed E-state index contributed by atoms with van der Waals surface area (Å²) in [6.45, 7) is 1.66. The van der Waals surface area contributed by atoms with Gasteiger partial charge in [0.25, 0.3) is 5.91 Å². The largest absolute Gasteiger partial charge is 0.337 e. The molecule has 1 aromatic carbocycles. The lowest BCUT2D eigenvalue weighted by atomic mass is 10.1. The average molecular weight is 267 g/mol. The standard InChI is InChI=1S/C14H19ClN2O/c1-16(2)13-6-7-17(10-13)14(18)12-5-3-4-11(8-12)9-15/h3-5,8,13H,6-7,9-10H2,1-2H3. The van der Waals surface area contributed by atoms with Gasteiger partial charge in [-0.2, -0.15) is 0 Å². The van der Waals surface area contributed by atoms with E-state index in [0.717, 1.165) is 30.6 Å². The second kappa shape index (κ2) is 5.72. The maximum atomic E-state index is 12.3. The van der Waals surface area contributed by atoms with Crippen molar-refractivity contribution < 1.29 is 4.79 Å². The first-order valence-electron chi connectivity index (χ1n) is 6.22. The van der Waals surface area contributed by atoms with Crippen molar-refractivity contribution in [2.45, 2.75) is 18.3 Å². The SMILES string of the molecule is CN(C)C1CCN(C(=O)c2cccc(CCl)c2)C1. The summed E-state index contributed by atoms with van der Waals surface area (Å²) in [6, 6.07) is 8.06. The van der Waals surface area contributed by atoms with Gasteiger partial charge in [0, 0.05) is 30.6 Å². The minimum atomic E-state index is 0.117. The summed E-state index contributed by atoms with van der Waals surface area (Å²) in [5.74, 6) is 0.563. The van der Waals surface area contributed by atoms with E-state index in [2.05, 4.69) is 19.0 Å². The molecular weight excluding hydrogens is 248 g/mol. The van der Waals surface area contributed by atoms with E-state index in [1.165, 1.54) is 0 Å². The van der Waals surface area contributed by atoms with Gasteiger partial charge in [0.2, 0.25) is 0 Å². The highest BCUT2D eigenvalue weighted by atomic mass is 35.5. The fraction of sp³-hybridized carbons (Fsp3) is 0.500. The molecule has 0 radical (unpaired) electrons. The smallest absolute Gasteiger partial charge is 0.253 e. The van der Waals surface area contributed by atoms with E-state index < -0.39 is 0 Å². The first-order chi connectivity index (χ1) is 8.61. The number of likely N-dealkylation sites (tertiary alicyclic amines) is 1. The van der Waals surface area contributed by atoms with Crippen LogP contribution < -0.4 is 0 Å². The molecule has 1 fully saturated rings. The predicted molar refractivity (Wildman–Crippen MR) is 74.0 cm³/mol. The monoisotopic (exact) mass is 266 g/mol. The van der Waals surface area contributed by atoms with Crippen LogP contribution in [0.3, 0.4) is 0 Å². The minimum absolute atomic E-state index is 0.117. The maximum Gasteiger partial charge on any atom is 0.253 e. The van der Waals surface area contributed by atoms with E-state index in [1.54, 1.807) is 0 Å². The highest BCUT2D eigenvalue weighted by Gasteiger charge is 2.27. The Kier molecular flexibility index (Phi) is 4.25. The highest BCUT2D eigenvalue weighted by Crippen LogP contribution is 2.17. The summed E-state index contributed by atoms with van der Waals surface area (Å²) in [6.07, 6.45) is 1.05. The Balaban J connectivity index is 2.08. The summed E-state index contributed by atoms with van der Waals surface area (Å²) in [4.78, 5) is 16.5. The van der Waals surface area contributed by atoms with E-state index in [4.69, 9.17) is 11.6 Å². The van der Waals surface area contributed by atoms with Gasteiger partial charge in [0.15, 0.2) is 0 Å². The molecule has 1 atom stereocenters. The van der Waals surface area contributed by atoms with E-state index in [0.29, 0.717) is 11.9 Å². The molecule has 1 aliphatic heterocycles. The van der Waals surface area contributed by atoms with Crippen LogP contribution in [-0.4, -0.2) is 48.9 Å². The number of halogens is 1. The van der Waals surface area contributed by atoms with Crippen molar-refractivity contribution in [3.63, 3.8) is 0 Å². The number of alkyl halides is 1. The molecule has 1 aliphatic rings. The molecule has 1 aromatic rings. The van der Waals surface area contributed by atoms with Crippen LogP contribution in [0.15, 0.2) is 24.3 Å². The van der Waals surface area contributed by atoms with Gasteiger partial charge in [-0.3, -0.25) is 4.79 Å². The third kappa shape index (κ3) is 2.85. The first kappa shape index (κ1) is 13.4. The van der Waals surface area contributed by atoms with E-state index in [-0.39, 0.29) is 5.91 Å². The first-order valence-corrected chi connectivity index (χ1v) is 6.76. The summed E-state index contributed by atoms with van der Waals surface area (Å²) < 4.78 is 0. The van der Waals surface area contributed by atoms with E-state index >= 15 is 0 Å². The molecule has 1 amide bonds. The molecule has 0 N–H and O–H groups in total. The Morgan fingerprint density at radius 2 is 2.28 bits per heavy atom. The molecule has 98 valence electrons. The van der Waals surface area contributed by atoms with Crippen molar-refractivity contribution >= 4 is 17.5 Å². The Morgan fingerprint density at radius 1 is 1.50 bits per heavy atom. The molecule has 1 saturated heterocycles. The Morgan fingerprint density at radius 3 is 2.89 bits per heavy atom. The second-order valence-corrected chi connectivity index (χ2v) is 5.26. The molecule has 0 saturated carbocycles. The zero-order valence-corrected chi connectivity index (χ0v) is 11.7. The van der Waals surface area contributed by atoms with E-state index in [9.17, 15) is 4.79 Å². The molecule has 2 rings (SSSR count). The number of carbonyl (C=O) groups is 1. The summed E-state index contributed by atoms with van der Waals surface area (Å²) in [5, 5.41) is 0. The van der Waals surface area contributed by atoms with Gasteiger partial charge in [-0.15, -0.1) is 11.6 Å². The second-order valence-electron chi connectivity index (χ2n) is 4.99. The summed E-state index contributed by atoms with van der Waals surface area (Å²) in [5.41, 5.74) is 1.73. The Labute approximate surface area is 113 Å². The van der Waals surface area contributed by atoms with Crippen molar-refractivity contribution in [1.82, 2.24) is 9.80 Å². The maximum absolute atomic E-state index is 12.3. The molecule has 0 bridgehead atoms. The fourth-order valence-electron chi connectivity index (χ4n) is 2.32. The van der Waals surface area contributed by atoms with Gasteiger partial charge in [0.1, 0.15) is 0 Å². The molecule has 4 heteroatoms. The molecule has 1 unspecified atom stereocenters. The number of carbonyl (C=O) groups excluding carboxylic acids is 1. The number of likely N-dealkylation sites (N-methyl/N-ethyl adjacent to an activating group) is 1. The third-order valence-corrected chi connectivity index (χ3v) is 3.82. The third-order valence-electron chi connectivity index (χ3n) is 3.51. The van der Waals surface area contributed by atoms with Gasteiger partial charge in [-0.05, 0) is 38.2 Å². The quantitative estimate of drug-likeness (QED) is 0.783. The van der Waals surface area contributed by atoms with E-state index in [1.807, 2.05) is 29.2 Å². The van der Waals surface area contributed by atoms with Gasteiger partial charge in [-0.25, -0.2) is 0 Å². The normalized spacial score (nSPS) is 19.6. The number of hydrogen-bond donors (Lipinski definition) is 0. The van der Waals surface area contributed by atoms with Crippen LogP contribution in [0.25, 0.3) is 0 Å². The molecule has 0 aliphatic carbocycles. The van der Waals surface area contributed by atoms with Crippen LogP contribution in [0.5, 0.6) is 0 Å². The lowest BCUT2D eigenvalue weighted by Crippen LogP contribution is -2.34. The predicted octanol–water partition coefficient (Wildman–Crippen LogP) is 2.20. The molecule has 1 heterocycles. The number of amides is 1. The van der Waals surface area contributed by atoms with Crippen molar-refractivity contribution in [2.24, 2.45) is 0 Å². The van der Waals surface area contributed by atoms with Crippen LogP contribution in [0.2, 0.25) is 0 Å². The Bertz CT molecular complexity index is 434. The van der Waals surface area contributed by atoms with Crippen LogP contribution in [0, 0.1) is 0 Å². The Hall–Kier alpha value is -1.06.